The van der Waals surface area contributed by atoms with Crippen molar-refractivity contribution in [3.63, 3.8) is 0 Å². The first-order valence-electron chi connectivity index (χ1n) is 6.92. The van der Waals surface area contributed by atoms with Gasteiger partial charge in [0.05, 0.1) is 0 Å². The minimum Gasteiger partial charge on any atom is -0.398 e. The van der Waals surface area contributed by atoms with Crippen molar-refractivity contribution in [1.29, 1.82) is 0 Å². The molecule has 3 heteroatoms. The molecule has 0 radical (unpaired) electrons. The fourth-order valence-electron chi connectivity index (χ4n) is 2.08. The van der Waals surface area contributed by atoms with Crippen molar-refractivity contribution in [1.82, 2.24) is 5.32 Å². The molecule has 102 valence electrons. The SMILES string of the molecule is CCCCC(CC)CNCc1ccc(Br)cc1N. The van der Waals surface area contributed by atoms with E-state index in [1.54, 1.807) is 0 Å². The molecular weight excluding hydrogens is 288 g/mol. The molecule has 0 saturated heterocycles. The summed E-state index contributed by atoms with van der Waals surface area (Å²) in [5.74, 6) is 0.793. The van der Waals surface area contributed by atoms with Crippen LogP contribution in [0.2, 0.25) is 0 Å². The van der Waals surface area contributed by atoms with E-state index in [-0.39, 0.29) is 0 Å². The second-order valence-electron chi connectivity index (χ2n) is 4.89. The highest BCUT2D eigenvalue weighted by Crippen LogP contribution is 2.18. The van der Waals surface area contributed by atoms with Gasteiger partial charge in [-0.3, -0.25) is 0 Å². The van der Waals surface area contributed by atoms with Gasteiger partial charge in [0, 0.05) is 16.7 Å². The molecule has 0 aliphatic rings. The van der Waals surface area contributed by atoms with Crippen LogP contribution in [0.4, 0.5) is 5.69 Å². The average Bonchev–Trinajstić information content (AvgIpc) is 2.36. The summed E-state index contributed by atoms with van der Waals surface area (Å²) < 4.78 is 1.04. The Morgan fingerprint density at radius 1 is 1.33 bits per heavy atom. The Kier molecular flexibility index (Phi) is 7.36. The lowest BCUT2D eigenvalue weighted by molar-refractivity contribution is 0.419. The van der Waals surface area contributed by atoms with E-state index in [4.69, 9.17) is 5.73 Å². The summed E-state index contributed by atoms with van der Waals surface area (Å²) in [6, 6.07) is 6.09. The second kappa shape index (κ2) is 8.54. The molecule has 1 aromatic carbocycles. The topological polar surface area (TPSA) is 38.0 Å². The minimum atomic E-state index is 0.793. The van der Waals surface area contributed by atoms with Crippen LogP contribution in [0.25, 0.3) is 0 Å². The average molecular weight is 313 g/mol. The summed E-state index contributed by atoms with van der Waals surface area (Å²) in [5, 5.41) is 3.53. The molecule has 18 heavy (non-hydrogen) atoms. The van der Waals surface area contributed by atoms with Crippen molar-refractivity contribution in [2.75, 3.05) is 12.3 Å². The molecule has 1 rings (SSSR count). The molecule has 1 aromatic rings. The Hall–Kier alpha value is -0.540. The largest absolute Gasteiger partial charge is 0.398 e. The van der Waals surface area contributed by atoms with Gasteiger partial charge in [0.1, 0.15) is 0 Å². The third kappa shape index (κ3) is 5.40. The number of hydrogen-bond donors (Lipinski definition) is 2. The van der Waals surface area contributed by atoms with E-state index in [2.05, 4.69) is 41.2 Å². The molecule has 0 heterocycles. The number of anilines is 1. The maximum absolute atomic E-state index is 5.98. The molecule has 0 saturated carbocycles. The van der Waals surface area contributed by atoms with Crippen molar-refractivity contribution >= 4 is 21.6 Å². The number of halogens is 1. The van der Waals surface area contributed by atoms with Gasteiger partial charge >= 0.3 is 0 Å². The highest BCUT2D eigenvalue weighted by Gasteiger charge is 2.06. The standard InChI is InChI=1S/C15H25BrN2/c1-3-5-6-12(4-2)10-18-11-13-7-8-14(16)9-15(13)17/h7-9,12,18H,3-6,10-11,17H2,1-2H3. The van der Waals surface area contributed by atoms with E-state index >= 15 is 0 Å². The maximum Gasteiger partial charge on any atom is 0.0370 e. The summed E-state index contributed by atoms with van der Waals surface area (Å²) in [5.41, 5.74) is 8.02. The summed E-state index contributed by atoms with van der Waals surface area (Å²) in [4.78, 5) is 0. The van der Waals surface area contributed by atoms with E-state index in [0.29, 0.717) is 0 Å². The van der Waals surface area contributed by atoms with Gasteiger partial charge in [0.25, 0.3) is 0 Å². The predicted octanol–water partition coefficient (Wildman–Crippen LogP) is 4.34. The zero-order chi connectivity index (χ0) is 13.4. The third-order valence-electron chi connectivity index (χ3n) is 3.40. The molecule has 0 bridgehead atoms. The molecule has 0 fully saturated rings. The van der Waals surface area contributed by atoms with Crippen LogP contribution in [0.15, 0.2) is 22.7 Å². The molecule has 0 aliphatic carbocycles. The molecule has 0 aliphatic heterocycles. The number of unbranched alkanes of at least 4 members (excludes halogenated alkanes) is 1. The van der Waals surface area contributed by atoms with Gasteiger partial charge in [-0.1, -0.05) is 55.1 Å². The van der Waals surface area contributed by atoms with E-state index < -0.39 is 0 Å². The second-order valence-corrected chi connectivity index (χ2v) is 5.81. The lowest BCUT2D eigenvalue weighted by Crippen LogP contribution is -2.22. The lowest BCUT2D eigenvalue weighted by Gasteiger charge is -2.16. The van der Waals surface area contributed by atoms with Gasteiger partial charge in [0.2, 0.25) is 0 Å². The lowest BCUT2D eigenvalue weighted by atomic mass is 9.99. The minimum absolute atomic E-state index is 0.793. The monoisotopic (exact) mass is 312 g/mol. The molecule has 2 nitrogen and oxygen atoms in total. The third-order valence-corrected chi connectivity index (χ3v) is 3.89. The van der Waals surface area contributed by atoms with Gasteiger partial charge in [-0.2, -0.15) is 0 Å². The molecular formula is C15H25BrN2. The number of nitrogens with one attached hydrogen (secondary N) is 1. The van der Waals surface area contributed by atoms with Crippen LogP contribution < -0.4 is 11.1 Å². The van der Waals surface area contributed by atoms with E-state index in [1.807, 2.05) is 12.1 Å². The molecule has 1 unspecified atom stereocenters. The van der Waals surface area contributed by atoms with Crippen molar-refractivity contribution in [2.24, 2.45) is 5.92 Å². The van der Waals surface area contributed by atoms with Crippen molar-refractivity contribution in [3.05, 3.63) is 28.2 Å². The van der Waals surface area contributed by atoms with Crippen LogP contribution in [-0.4, -0.2) is 6.54 Å². The van der Waals surface area contributed by atoms with Gasteiger partial charge in [-0.05, 0) is 36.6 Å². The van der Waals surface area contributed by atoms with E-state index in [1.165, 1.54) is 31.2 Å². The molecule has 3 N–H and O–H groups in total. The first-order chi connectivity index (χ1) is 8.67. The fraction of sp³-hybridized carbons (Fsp3) is 0.600. The zero-order valence-corrected chi connectivity index (χ0v) is 13.1. The van der Waals surface area contributed by atoms with Crippen molar-refractivity contribution in [3.8, 4) is 0 Å². The normalized spacial score (nSPS) is 12.6. The van der Waals surface area contributed by atoms with Crippen LogP contribution in [0.5, 0.6) is 0 Å². The van der Waals surface area contributed by atoms with Crippen LogP contribution in [0.1, 0.15) is 45.1 Å². The van der Waals surface area contributed by atoms with Crippen LogP contribution >= 0.6 is 15.9 Å². The molecule has 0 spiro atoms. The number of hydrogen-bond acceptors (Lipinski definition) is 2. The number of nitrogens with two attached hydrogens (primary N) is 1. The van der Waals surface area contributed by atoms with Crippen molar-refractivity contribution in [2.45, 2.75) is 46.1 Å². The highest BCUT2D eigenvalue weighted by atomic mass is 79.9. The van der Waals surface area contributed by atoms with Gasteiger partial charge in [-0.25, -0.2) is 0 Å². The Bertz CT molecular complexity index is 352. The Balaban J connectivity index is 2.35. The Morgan fingerprint density at radius 2 is 2.11 bits per heavy atom. The first kappa shape index (κ1) is 15.5. The van der Waals surface area contributed by atoms with E-state index in [0.717, 1.165) is 29.2 Å². The fourth-order valence-corrected chi connectivity index (χ4v) is 2.46. The zero-order valence-electron chi connectivity index (χ0n) is 11.5. The van der Waals surface area contributed by atoms with Crippen LogP contribution in [-0.2, 0) is 6.54 Å². The summed E-state index contributed by atoms with van der Waals surface area (Å²) in [6.07, 6.45) is 5.20. The molecule has 1 atom stereocenters. The van der Waals surface area contributed by atoms with Crippen molar-refractivity contribution < 1.29 is 0 Å². The first-order valence-corrected chi connectivity index (χ1v) is 7.71. The summed E-state index contributed by atoms with van der Waals surface area (Å²) in [7, 11) is 0. The molecule has 0 aromatic heterocycles. The smallest absolute Gasteiger partial charge is 0.0370 e. The quantitative estimate of drug-likeness (QED) is 0.701. The highest BCUT2D eigenvalue weighted by molar-refractivity contribution is 9.10. The van der Waals surface area contributed by atoms with Gasteiger partial charge < -0.3 is 11.1 Å². The predicted molar refractivity (Wildman–Crippen MR) is 83.6 cm³/mol. The van der Waals surface area contributed by atoms with Gasteiger partial charge in [-0.15, -0.1) is 0 Å². The van der Waals surface area contributed by atoms with Crippen LogP contribution in [0.3, 0.4) is 0 Å². The summed E-state index contributed by atoms with van der Waals surface area (Å²) in [6.45, 7) is 6.48. The Morgan fingerprint density at radius 3 is 2.72 bits per heavy atom. The van der Waals surface area contributed by atoms with Gasteiger partial charge in [0.15, 0.2) is 0 Å². The Labute approximate surface area is 119 Å². The number of nitrogen functional groups attached to an aromatic ring is 1. The molecule has 0 amide bonds. The maximum atomic E-state index is 5.98. The summed E-state index contributed by atoms with van der Waals surface area (Å²) >= 11 is 3.43. The number of rotatable bonds is 8. The number of benzene rings is 1. The van der Waals surface area contributed by atoms with Crippen LogP contribution in [0, 0.1) is 5.92 Å². The van der Waals surface area contributed by atoms with E-state index in [9.17, 15) is 0 Å².